The van der Waals surface area contributed by atoms with Crippen LogP contribution in [0.25, 0.3) is 0 Å². The highest BCUT2D eigenvalue weighted by atomic mass is 16.6. The third-order valence-electron chi connectivity index (χ3n) is 4.69. The van der Waals surface area contributed by atoms with Crippen LogP contribution in [0.5, 0.6) is 0 Å². The summed E-state index contributed by atoms with van der Waals surface area (Å²) in [5, 5.41) is 10.1. The average Bonchev–Trinajstić information content (AvgIpc) is 2.93. The predicted octanol–water partition coefficient (Wildman–Crippen LogP) is 2.65. The molecule has 0 radical (unpaired) electrons. The highest BCUT2D eigenvalue weighted by molar-refractivity contribution is 5.67. The molecule has 1 N–H and O–H groups in total. The summed E-state index contributed by atoms with van der Waals surface area (Å²) in [7, 11) is 0. The number of carbonyl (C=O) groups excluding carboxylic acids is 1. The zero-order valence-electron chi connectivity index (χ0n) is 12.6. The summed E-state index contributed by atoms with van der Waals surface area (Å²) in [5.41, 5.74) is 2.40. The number of aliphatic hydroxyl groups excluding tert-OH is 1. The molecule has 1 fully saturated rings. The molecule has 5 heteroatoms. The number of hydrogen-bond acceptors (Lipinski definition) is 3. The Balaban J connectivity index is 1.66. The first-order valence-electron chi connectivity index (χ1n) is 8.00. The van der Waals surface area contributed by atoms with E-state index in [1.54, 1.807) is 4.90 Å². The van der Waals surface area contributed by atoms with Gasteiger partial charge in [0.25, 0.3) is 0 Å². The maximum atomic E-state index is 11.7. The van der Waals surface area contributed by atoms with Gasteiger partial charge < -0.3 is 19.3 Å². The lowest BCUT2D eigenvalue weighted by Gasteiger charge is -2.33. The Bertz CT molecular complexity index is 504. The maximum absolute atomic E-state index is 11.7. The van der Waals surface area contributed by atoms with Gasteiger partial charge in [-0.25, -0.2) is 4.79 Å². The van der Waals surface area contributed by atoms with Gasteiger partial charge in [-0.15, -0.1) is 0 Å². The molecule has 1 atom stereocenters. The van der Waals surface area contributed by atoms with Gasteiger partial charge >= 0.3 is 6.09 Å². The summed E-state index contributed by atoms with van der Waals surface area (Å²) in [6.07, 6.45) is 6.52. The molecular formula is C16H24N2O3. The van der Waals surface area contributed by atoms with Crippen molar-refractivity contribution in [3.05, 3.63) is 23.5 Å². The number of nitrogens with zero attached hydrogens (tertiary/aromatic N) is 2. The molecule has 0 bridgehead atoms. The molecule has 1 amide bonds. The molecule has 1 unspecified atom stereocenters. The molecule has 0 saturated carbocycles. The second-order valence-corrected chi connectivity index (χ2v) is 5.95. The van der Waals surface area contributed by atoms with E-state index in [0.717, 1.165) is 50.8 Å². The van der Waals surface area contributed by atoms with Gasteiger partial charge in [-0.1, -0.05) is 0 Å². The highest BCUT2D eigenvalue weighted by Crippen LogP contribution is 2.34. The van der Waals surface area contributed by atoms with Crippen molar-refractivity contribution in [3.63, 3.8) is 0 Å². The number of piperidine rings is 1. The largest absolute Gasteiger partial charge is 0.450 e. The second-order valence-electron chi connectivity index (χ2n) is 5.95. The molecule has 2 aliphatic rings. The number of aliphatic hydroxyl groups is 1. The number of aromatic nitrogens is 1. The first-order chi connectivity index (χ1) is 10.2. The van der Waals surface area contributed by atoms with Crippen LogP contribution in [0.3, 0.4) is 0 Å². The van der Waals surface area contributed by atoms with Gasteiger partial charge in [0.1, 0.15) is 0 Å². The first-order valence-corrected chi connectivity index (χ1v) is 8.00. The molecule has 5 nitrogen and oxygen atoms in total. The Morgan fingerprint density at radius 3 is 2.86 bits per heavy atom. The SMILES string of the molecule is CCOC(=O)N1CCC(n2ccc3c2CCCC3O)CC1. The van der Waals surface area contributed by atoms with Crippen molar-refractivity contribution in [2.75, 3.05) is 19.7 Å². The zero-order chi connectivity index (χ0) is 14.8. The van der Waals surface area contributed by atoms with Gasteiger partial charge in [-0.3, -0.25) is 0 Å². The van der Waals surface area contributed by atoms with Crippen LogP contribution in [0, 0.1) is 0 Å². The predicted molar refractivity (Wildman–Crippen MR) is 79.2 cm³/mol. The number of likely N-dealkylation sites (tertiary alicyclic amines) is 1. The topological polar surface area (TPSA) is 54.7 Å². The van der Waals surface area contributed by atoms with E-state index in [9.17, 15) is 9.90 Å². The molecule has 116 valence electrons. The van der Waals surface area contributed by atoms with Crippen LogP contribution in [-0.4, -0.2) is 40.4 Å². The lowest BCUT2D eigenvalue weighted by atomic mass is 9.94. The van der Waals surface area contributed by atoms with Gasteiger partial charge in [0, 0.05) is 36.6 Å². The van der Waals surface area contributed by atoms with Gasteiger partial charge in [-0.05, 0) is 45.1 Å². The number of hydrogen-bond donors (Lipinski definition) is 1. The van der Waals surface area contributed by atoms with Crippen LogP contribution in [0.15, 0.2) is 12.3 Å². The molecule has 1 saturated heterocycles. The Morgan fingerprint density at radius 1 is 1.38 bits per heavy atom. The summed E-state index contributed by atoms with van der Waals surface area (Å²) in [6.45, 7) is 3.77. The Morgan fingerprint density at radius 2 is 2.14 bits per heavy atom. The zero-order valence-corrected chi connectivity index (χ0v) is 12.6. The summed E-state index contributed by atoms with van der Waals surface area (Å²) in [6, 6.07) is 2.50. The molecule has 1 aromatic heterocycles. The van der Waals surface area contributed by atoms with E-state index < -0.39 is 0 Å². The summed E-state index contributed by atoms with van der Waals surface area (Å²) in [4.78, 5) is 13.5. The number of carbonyl (C=O) groups is 1. The van der Waals surface area contributed by atoms with E-state index in [0.29, 0.717) is 12.6 Å². The van der Waals surface area contributed by atoms with Crippen molar-refractivity contribution in [1.82, 2.24) is 9.47 Å². The Labute approximate surface area is 125 Å². The summed E-state index contributed by atoms with van der Waals surface area (Å²) in [5.74, 6) is 0. The van der Waals surface area contributed by atoms with E-state index in [1.165, 1.54) is 5.69 Å². The number of ether oxygens (including phenoxy) is 1. The number of rotatable bonds is 2. The monoisotopic (exact) mass is 292 g/mol. The molecule has 1 aliphatic heterocycles. The van der Waals surface area contributed by atoms with E-state index in [1.807, 2.05) is 6.92 Å². The summed E-state index contributed by atoms with van der Waals surface area (Å²) < 4.78 is 7.39. The van der Waals surface area contributed by atoms with Crippen molar-refractivity contribution < 1.29 is 14.6 Å². The van der Waals surface area contributed by atoms with Crippen LogP contribution >= 0.6 is 0 Å². The molecule has 3 rings (SSSR count). The minimum atomic E-state index is -0.297. The minimum Gasteiger partial charge on any atom is -0.450 e. The van der Waals surface area contributed by atoms with Crippen LogP contribution in [0.2, 0.25) is 0 Å². The molecule has 0 aromatic carbocycles. The second kappa shape index (κ2) is 6.10. The molecular weight excluding hydrogens is 268 g/mol. The van der Waals surface area contributed by atoms with Crippen LogP contribution in [-0.2, 0) is 11.2 Å². The third kappa shape index (κ3) is 2.79. The van der Waals surface area contributed by atoms with Crippen molar-refractivity contribution >= 4 is 6.09 Å². The highest BCUT2D eigenvalue weighted by Gasteiger charge is 2.28. The van der Waals surface area contributed by atoms with Crippen LogP contribution in [0.1, 0.15) is 56.0 Å². The van der Waals surface area contributed by atoms with Crippen LogP contribution in [0.4, 0.5) is 4.79 Å². The normalized spacial score (nSPS) is 23.0. The molecule has 1 aromatic rings. The fourth-order valence-corrected chi connectivity index (χ4v) is 3.57. The van der Waals surface area contributed by atoms with E-state index >= 15 is 0 Å². The molecule has 2 heterocycles. The molecule has 0 spiro atoms. The standard InChI is InChI=1S/C16H24N2O3/c1-2-21-16(20)17-9-6-12(7-10-17)18-11-8-13-14(18)4-3-5-15(13)19/h8,11-12,15,19H,2-7,9-10H2,1H3. The quantitative estimate of drug-likeness (QED) is 0.911. The van der Waals surface area contributed by atoms with Gasteiger partial charge in [0.2, 0.25) is 0 Å². The maximum Gasteiger partial charge on any atom is 0.409 e. The fourth-order valence-electron chi connectivity index (χ4n) is 3.57. The number of fused-ring (bicyclic) bond motifs is 1. The lowest BCUT2D eigenvalue weighted by molar-refractivity contribution is 0.0922. The van der Waals surface area contributed by atoms with Gasteiger partial charge in [0.05, 0.1) is 12.7 Å². The van der Waals surface area contributed by atoms with E-state index in [-0.39, 0.29) is 12.2 Å². The van der Waals surface area contributed by atoms with Gasteiger partial charge in [-0.2, -0.15) is 0 Å². The smallest absolute Gasteiger partial charge is 0.409 e. The average molecular weight is 292 g/mol. The Hall–Kier alpha value is -1.49. The van der Waals surface area contributed by atoms with Crippen molar-refractivity contribution in [2.45, 2.75) is 51.2 Å². The van der Waals surface area contributed by atoms with Crippen molar-refractivity contribution in [1.29, 1.82) is 0 Å². The minimum absolute atomic E-state index is 0.194. The van der Waals surface area contributed by atoms with E-state index in [2.05, 4.69) is 16.8 Å². The Kier molecular flexibility index (Phi) is 4.19. The molecule has 1 aliphatic carbocycles. The lowest BCUT2D eigenvalue weighted by Crippen LogP contribution is -2.39. The van der Waals surface area contributed by atoms with Crippen LogP contribution < -0.4 is 0 Å². The third-order valence-corrected chi connectivity index (χ3v) is 4.69. The van der Waals surface area contributed by atoms with E-state index in [4.69, 9.17) is 4.74 Å². The fraction of sp³-hybridized carbons (Fsp3) is 0.688. The summed E-state index contributed by atoms with van der Waals surface area (Å²) >= 11 is 0. The van der Waals surface area contributed by atoms with Crippen molar-refractivity contribution in [3.8, 4) is 0 Å². The number of amides is 1. The van der Waals surface area contributed by atoms with Crippen molar-refractivity contribution in [2.24, 2.45) is 0 Å². The molecule has 21 heavy (non-hydrogen) atoms. The van der Waals surface area contributed by atoms with Gasteiger partial charge in [0.15, 0.2) is 0 Å². The first kappa shape index (κ1) is 14.4.